The summed E-state index contributed by atoms with van der Waals surface area (Å²) in [4.78, 5) is 20.7. The van der Waals surface area contributed by atoms with Gasteiger partial charge in [-0.15, -0.1) is 0 Å². The van der Waals surface area contributed by atoms with Gasteiger partial charge in [0, 0.05) is 44.0 Å². The van der Waals surface area contributed by atoms with Crippen molar-refractivity contribution >= 4 is 11.8 Å². The van der Waals surface area contributed by atoms with Gasteiger partial charge in [-0.1, -0.05) is 60.7 Å². The van der Waals surface area contributed by atoms with Gasteiger partial charge in [0.25, 0.3) is 0 Å². The lowest BCUT2D eigenvalue weighted by Crippen LogP contribution is -2.33. The van der Waals surface area contributed by atoms with Crippen LogP contribution in [-0.2, 0) is 9.53 Å². The first kappa shape index (κ1) is 11.4. The molecule has 0 aliphatic carbocycles. The lowest BCUT2D eigenvalue weighted by molar-refractivity contribution is -0.142. The largest absolute Gasteiger partial charge is 0.480 e. The fraction of sp³-hybridized carbons (Fsp3) is 0.320. The summed E-state index contributed by atoms with van der Waals surface area (Å²) < 4.78 is 101. The molecule has 2 aromatic carbocycles. The van der Waals surface area contributed by atoms with Gasteiger partial charge in [0.2, 0.25) is 0 Å². The number of carboxylic acid groups (broad SMARTS) is 1. The summed E-state index contributed by atoms with van der Waals surface area (Å²) in [5, 5.41) is 8.95. The maximum Gasteiger partial charge on any atom is 0.329 e. The fourth-order valence-corrected chi connectivity index (χ4v) is 2.75. The number of ether oxygens (including phenoxy) is 1. The van der Waals surface area contributed by atoms with Crippen LogP contribution in [0.1, 0.15) is 42.9 Å². The molecular formula is C25H29N3O3. The minimum atomic E-state index is -3.35. The van der Waals surface area contributed by atoms with E-state index in [-0.39, 0.29) is 11.5 Å². The molecule has 3 aromatic rings. The predicted octanol–water partition coefficient (Wildman–Crippen LogP) is 4.91. The van der Waals surface area contributed by atoms with E-state index in [0.29, 0.717) is 21.7 Å². The van der Waals surface area contributed by atoms with Crippen LogP contribution in [0.5, 0.6) is 0 Å². The number of hydrogen-bond acceptors (Lipinski definition) is 5. The standard InChI is InChI=1S/C25H29N3O3/c1-19(2)28(15-9-10-16-31-18-23(29)30)22-17-26-24(20-11-5-3-6-12-20)25(27-22)21-13-7-4-8-14-21/h3-8,11-14,17,19H,9-10,15-16,18H2,1-2H3,(H,29,30)/i1D3,2D3,9D2,10D2,18D2. The van der Waals surface area contributed by atoms with Crippen molar-refractivity contribution in [3.05, 3.63) is 66.9 Å². The van der Waals surface area contributed by atoms with Crippen molar-refractivity contribution in [3.8, 4) is 22.5 Å². The molecule has 0 atom stereocenters. The molecule has 1 N–H and O–H groups in total. The Morgan fingerprint density at radius 3 is 2.32 bits per heavy atom. The number of aromatic nitrogens is 2. The number of carboxylic acids is 1. The first-order valence-electron chi connectivity index (χ1n) is 15.3. The van der Waals surface area contributed by atoms with Gasteiger partial charge in [0.1, 0.15) is 12.4 Å². The van der Waals surface area contributed by atoms with Crippen LogP contribution in [0.2, 0.25) is 0 Å². The maximum absolute atomic E-state index is 11.1. The Kier molecular flexibility index (Phi) is 4.13. The number of aliphatic carboxylic acids is 1. The normalized spacial score (nSPS) is 18.9. The molecular weight excluding hydrogens is 390 g/mol. The maximum atomic E-state index is 11.1. The molecule has 6 nitrogen and oxygen atoms in total. The first-order chi connectivity index (χ1) is 19.7. The van der Waals surface area contributed by atoms with Gasteiger partial charge in [-0.2, -0.15) is 0 Å². The van der Waals surface area contributed by atoms with Gasteiger partial charge >= 0.3 is 5.97 Å². The van der Waals surface area contributed by atoms with Crippen LogP contribution < -0.4 is 4.90 Å². The van der Waals surface area contributed by atoms with Crippen LogP contribution >= 0.6 is 0 Å². The van der Waals surface area contributed by atoms with E-state index in [2.05, 4.69) is 14.7 Å². The molecule has 0 bridgehead atoms. The van der Waals surface area contributed by atoms with E-state index in [1.165, 1.54) is 0 Å². The highest BCUT2D eigenvalue weighted by atomic mass is 16.5. The Morgan fingerprint density at radius 1 is 1.06 bits per heavy atom. The third-order valence-electron chi connectivity index (χ3n) is 4.14. The average Bonchev–Trinajstić information content (AvgIpc) is 2.90. The SMILES string of the molecule is [2H]C([2H])(OCC([2H])([2H])C([2H])([2H])CN(c1cnc(-c2ccccc2)c(-c2ccccc2)n1)C(C([2H])([2H])[2H])C([2H])([2H])[2H])C(=O)O. The van der Waals surface area contributed by atoms with Crippen molar-refractivity contribution in [3.63, 3.8) is 0 Å². The second kappa shape index (κ2) is 11.2. The van der Waals surface area contributed by atoms with Gasteiger partial charge in [0.05, 0.1) is 20.3 Å². The second-order valence-corrected chi connectivity index (χ2v) is 6.24. The Balaban J connectivity index is 2.20. The van der Waals surface area contributed by atoms with E-state index in [1.54, 1.807) is 60.7 Å². The van der Waals surface area contributed by atoms with Gasteiger partial charge in [-0.3, -0.25) is 4.98 Å². The summed E-state index contributed by atoms with van der Waals surface area (Å²) in [6, 6.07) is 15.0. The van der Waals surface area contributed by atoms with Gasteiger partial charge in [0.15, 0.2) is 0 Å². The highest BCUT2D eigenvalue weighted by Crippen LogP contribution is 2.30. The van der Waals surface area contributed by atoms with Crippen molar-refractivity contribution in [1.82, 2.24) is 9.97 Å². The Labute approximate surface area is 200 Å². The van der Waals surface area contributed by atoms with Gasteiger partial charge < -0.3 is 14.7 Å². The summed E-state index contributed by atoms with van der Waals surface area (Å²) >= 11 is 0. The van der Waals surface area contributed by atoms with Crippen molar-refractivity contribution in [2.24, 2.45) is 0 Å². The minimum absolute atomic E-state index is 0.214. The third-order valence-corrected chi connectivity index (χ3v) is 4.14. The van der Waals surface area contributed by atoms with E-state index in [4.69, 9.17) is 21.6 Å². The molecule has 1 aromatic heterocycles. The highest BCUT2D eigenvalue weighted by molar-refractivity contribution is 5.78. The molecule has 0 spiro atoms. The molecule has 162 valence electrons. The zero-order valence-electron chi connectivity index (χ0n) is 28.4. The van der Waals surface area contributed by atoms with E-state index in [0.717, 1.165) is 6.20 Å². The van der Waals surface area contributed by atoms with Gasteiger partial charge in [-0.05, 0) is 26.4 Å². The number of rotatable bonds is 11. The molecule has 0 radical (unpaired) electrons. The summed E-state index contributed by atoms with van der Waals surface area (Å²) in [5.41, 5.74) is 1.73. The van der Waals surface area contributed by atoms with Crippen LogP contribution in [0.15, 0.2) is 66.9 Å². The molecule has 0 aliphatic heterocycles. The van der Waals surface area contributed by atoms with Crippen molar-refractivity contribution in [2.75, 3.05) is 24.6 Å². The lowest BCUT2D eigenvalue weighted by Gasteiger charge is -2.28. The summed E-state index contributed by atoms with van der Waals surface area (Å²) in [7, 11) is 0. The first-order valence-corrected chi connectivity index (χ1v) is 9.29. The average molecular weight is 432 g/mol. The van der Waals surface area contributed by atoms with Gasteiger partial charge in [-0.25, -0.2) is 9.78 Å². The molecule has 31 heavy (non-hydrogen) atoms. The molecule has 0 saturated heterocycles. The topological polar surface area (TPSA) is 75.5 Å². The highest BCUT2D eigenvalue weighted by Gasteiger charge is 2.17. The van der Waals surface area contributed by atoms with Crippen LogP contribution in [0.3, 0.4) is 0 Å². The Hall–Kier alpha value is -3.25. The van der Waals surface area contributed by atoms with E-state index in [1.807, 2.05) is 0 Å². The van der Waals surface area contributed by atoms with Crippen molar-refractivity contribution < 1.29 is 31.1 Å². The zero-order chi connectivity index (χ0) is 32.4. The molecule has 0 fully saturated rings. The summed E-state index contributed by atoms with van der Waals surface area (Å²) in [5.74, 6) is -2.45. The van der Waals surface area contributed by atoms with E-state index in [9.17, 15) is 4.79 Å². The molecule has 0 unspecified atom stereocenters. The monoisotopic (exact) mass is 431 g/mol. The van der Waals surface area contributed by atoms with Crippen LogP contribution in [0.4, 0.5) is 5.82 Å². The lowest BCUT2D eigenvalue weighted by atomic mass is 10.0. The molecule has 3 rings (SSSR count). The smallest absolute Gasteiger partial charge is 0.329 e. The number of nitrogens with zero attached hydrogens (tertiary/aromatic N) is 3. The molecule has 1 heterocycles. The summed E-state index contributed by atoms with van der Waals surface area (Å²) in [6.07, 6.45) is -5.20. The van der Waals surface area contributed by atoms with Crippen molar-refractivity contribution in [1.29, 1.82) is 0 Å². The van der Waals surface area contributed by atoms with Crippen LogP contribution in [-0.4, -0.2) is 46.8 Å². The Morgan fingerprint density at radius 2 is 1.71 bits per heavy atom. The molecule has 0 saturated carbocycles. The number of carbonyl (C=O) groups is 1. The molecule has 0 amide bonds. The van der Waals surface area contributed by atoms with E-state index >= 15 is 0 Å². The molecule has 6 heteroatoms. The molecule has 0 aliphatic rings. The number of benzene rings is 2. The second-order valence-electron chi connectivity index (χ2n) is 6.24. The third kappa shape index (κ3) is 6.36. The quantitative estimate of drug-likeness (QED) is 0.465. The Bertz CT molecular complexity index is 1390. The van der Waals surface area contributed by atoms with E-state index < -0.39 is 58.2 Å². The number of anilines is 1. The van der Waals surface area contributed by atoms with Crippen molar-refractivity contribution in [2.45, 2.75) is 32.5 Å². The van der Waals surface area contributed by atoms with Crippen LogP contribution in [0, 0.1) is 0 Å². The summed E-state index contributed by atoms with van der Waals surface area (Å²) in [6.45, 7) is -12.5. The predicted molar refractivity (Wildman–Crippen MR) is 123 cm³/mol. The number of hydrogen-bond donors (Lipinski definition) is 1. The zero-order valence-corrected chi connectivity index (χ0v) is 16.4. The minimum Gasteiger partial charge on any atom is -0.480 e. The van der Waals surface area contributed by atoms with Crippen LogP contribution in [0.25, 0.3) is 22.5 Å². The fourth-order valence-electron chi connectivity index (χ4n) is 2.75.